The predicted molar refractivity (Wildman–Crippen MR) is 116 cm³/mol. The van der Waals surface area contributed by atoms with E-state index >= 15 is 0 Å². The Morgan fingerprint density at radius 1 is 1.26 bits per heavy atom. The topological polar surface area (TPSA) is 55.1 Å². The average Bonchev–Trinajstić information content (AvgIpc) is 2.96. The summed E-state index contributed by atoms with van der Waals surface area (Å²) in [4.78, 5) is 13.7. The van der Waals surface area contributed by atoms with Crippen LogP contribution in [0.3, 0.4) is 0 Å². The highest BCUT2D eigenvalue weighted by molar-refractivity contribution is 7.16. The van der Waals surface area contributed by atoms with Crippen LogP contribution in [0.4, 0.5) is 5.00 Å². The molecule has 0 unspecified atom stereocenters. The molecule has 1 heterocycles. The van der Waals surface area contributed by atoms with Gasteiger partial charge < -0.3 is 11.1 Å². The van der Waals surface area contributed by atoms with Gasteiger partial charge in [-0.15, -0.1) is 11.3 Å². The molecule has 2 aromatic rings. The van der Waals surface area contributed by atoms with Crippen LogP contribution < -0.4 is 11.1 Å². The minimum atomic E-state index is 0.151. The van der Waals surface area contributed by atoms with Gasteiger partial charge in [-0.05, 0) is 61.1 Å². The van der Waals surface area contributed by atoms with E-state index in [0.29, 0.717) is 6.54 Å². The molecule has 3 rings (SSSR count). The number of benzene rings is 1. The molecule has 3 nitrogen and oxygen atoms in total. The van der Waals surface area contributed by atoms with Gasteiger partial charge in [0.1, 0.15) is 5.00 Å². The first-order chi connectivity index (χ1) is 12.8. The number of carbonyl (C=O) groups is 1. The third-order valence-electron chi connectivity index (χ3n) is 5.39. The number of ketones is 1. The van der Waals surface area contributed by atoms with Gasteiger partial charge in [0.2, 0.25) is 0 Å². The molecular formula is C23H30N2OS. The van der Waals surface area contributed by atoms with E-state index < -0.39 is 0 Å². The Labute approximate surface area is 166 Å². The van der Waals surface area contributed by atoms with Crippen molar-refractivity contribution >= 4 is 22.1 Å². The number of nitrogens with two attached hydrogens (primary N) is 1. The number of hydrogen-bond donors (Lipinski definition) is 2. The van der Waals surface area contributed by atoms with Gasteiger partial charge in [-0.2, -0.15) is 0 Å². The molecule has 144 valence electrons. The number of nitrogens with one attached hydrogen (secondary N) is 1. The van der Waals surface area contributed by atoms with Crippen LogP contribution in [0.2, 0.25) is 0 Å². The third kappa shape index (κ3) is 4.69. The van der Waals surface area contributed by atoms with E-state index in [2.05, 4.69) is 50.0 Å². The van der Waals surface area contributed by atoms with Crippen molar-refractivity contribution in [1.82, 2.24) is 0 Å². The summed E-state index contributed by atoms with van der Waals surface area (Å²) in [6, 6.07) is 8.41. The normalized spacial score (nSPS) is 15.3. The molecule has 1 aliphatic rings. The predicted octanol–water partition coefficient (Wildman–Crippen LogP) is 5.48. The van der Waals surface area contributed by atoms with Crippen molar-refractivity contribution < 1.29 is 4.79 Å². The second kappa shape index (κ2) is 7.99. The second-order valence-corrected chi connectivity index (χ2v) is 9.46. The van der Waals surface area contributed by atoms with Gasteiger partial charge in [-0.25, -0.2) is 0 Å². The summed E-state index contributed by atoms with van der Waals surface area (Å²) < 4.78 is 0. The molecule has 0 aliphatic heterocycles. The van der Waals surface area contributed by atoms with Crippen LogP contribution in [-0.4, -0.2) is 5.78 Å². The number of aryl methyl sites for hydroxylation is 2. The van der Waals surface area contributed by atoms with E-state index in [4.69, 9.17) is 5.73 Å². The molecule has 0 radical (unpaired) electrons. The van der Waals surface area contributed by atoms with Gasteiger partial charge in [-0.1, -0.05) is 44.7 Å². The molecule has 1 aromatic carbocycles. The molecule has 1 aromatic heterocycles. The van der Waals surface area contributed by atoms with Crippen LogP contribution in [0, 0.1) is 5.41 Å². The molecule has 0 bridgehead atoms. The van der Waals surface area contributed by atoms with Crippen LogP contribution in [-0.2, 0) is 25.8 Å². The Kier molecular flexibility index (Phi) is 5.87. The maximum Gasteiger partial charge on any atom is 0.163 e. The molecule has 4 heteroatoms. The highest BCUT2D eigenvalue weighted by atomic mass is 32.1. The van der Waals surface area contributed by atoms with E-state index in [1.807, 2.05) is 0 Å². The lowest BCUT2D eigenvalue weighted by Gasteiger charge is -2.29. The van der Waals surface area contributed by atoms with Crippen molar-refractivity contribution in [3.05, 3.63) is 63.7 Å². The minimum Gasteiger partial charge on any atom is -0.351 e. The van der Waals surface area contributed by atoms with E-state index in [9.17, 15) is 4.79 Å². The van der Waals surface area contributed by atoms with Gasteiger partial charge in [0.05, 0.1) is 5.56 Å². The number of allylic oxidation sites excluding steroid dienone is 1. The Morgan fingerprint density at radius 2 is 1.93 bits per heavy atom. The third-order valence-corrected chi connectivity index (χ3v) is 6.60. The van der Waals surface area contributed by atoms with Gasteiger partial charge >= 0.3 is 0 Å². The summed E-state index contributed by atoms with van der Waals surface area (Å²) in [5.41, 5.74) is 11.4. The number of carbonyl (C=O) groups excluding carboxylic acids is 1. The quantitative estimate of drug-likeness (QED) is 0.623. The van der Waals surface area contributed by atoms with Gasteiger partial charge in [0.15, 0.2) is 5.78 Å². The molecule has 0 saturated carbocycles. The van der Waals surface area contributed by atoms with Crippen LogP contribution in [0.15, 0.2) is 36.5 Å². The zero-order valence-corrected chi connectivity index (χ0v) is 17.5. The molecule has 0 saturated heterocycles. The number of Topliss-reactive ketones (excluding diaryl/α,β-unsaturated/α-hetero) is 1. The standard InChI is InChI=1S/C23H30N2OS/c1-15(5-6-17-7-9-18(14-24)10-8-17)25-22-21(16(2)26)19-13-23(3,4)12-11-20(19)27-22/h7-10,25H,1,5-6,11-14,24H2,2-4H3. The number of hydrogen-bond acceptors (Lipinski definition) is 4. The van der Waals surface area contributed by atoms with Crippen LogP contribution in [0.25, 0.3) is 0 Å². The molecule has 27 heavy (non-hydrogen) atoms. The fourth-order valence-electron chi connectivity index (χ4n) is 3.74. The van der Waals surface area contributed by atoms with E-state index in [1.54, 1.807) is 18.3 Å². The van der Waals surface area contributed by atoms with Crippen molar-refractivity contribution in [3.63, 3.8) is 0 Å². The fraction of sp³-hybridized carbons (Fsp3) is 0.435. The molecule has 1 aliphatic carbocycles. The van der Waals surface area contributed by atoms with Crippen LogP contribution in [0.5, 0.6) is 0 Å². The Hall–Kier alpha value is -1.91. The lowest BCUT2D eigenvalue weighted by atomic mass is 9.76. The Balaban J connectivity index is 1.70. The average molecular weight is 383 g/mol. The molecule has 0 spiro atoms. The molecule has 3 N–H and O–H groups in total. The van der Waals surface area contributed by atoms with Crippen molar-refractivity contribution in [1.29, 1.82) is 0 Å². The van der Waals surface area contributed by atoms with Crippen molar-refractivity contribution in [3.8, 4) is 0 Å². The first-order valence-corrected chi connectivity index (χ1v) is 10.5. The summed E-state index contributed by atoms with van der Waals surface area (Å²) in [5, 5.41) is 4.43. The minimum absolute atomic E-state index is 0.151. The lowest BCUT2D eigenvalue weighted by Crippen LogP contribution is -2.22. The maximum atomic E-state index is 12.4. The summed E-state index contributed by atoms with van der Waals surface area (Å²) in [6.45, 7) is 11.0. The van der Waals surface area contributed by atoms with Gasteiger partial charge in [-0.3, -0.25) is 4.79 Å². The van der Waals surface area contributed by atoms with Crippen molar-refractivity contribution in [2.45, 2.75) is 59.4 Å². The second-order valence-electron chi connectivity index (χ2n) is 8.35. The first kappa shape index (κ1) is 19.8. The summed E-state index contributed by atoms with van der Waals surface area (Å²) in [7, 11) is 0. The summed E-state index contributed by atoms with van der Waals surface area (Å²) in [5.74, 6) is 0.151. The zero-order chi connectivity index (χ0) is 19.6. The van der Waals surface area contributed by atoms with Crippen LogP contribution in [0.1, 0.15) is 65.5 Å². The molecule has 0 atom stereocenters. The molecule has 0 amide bonds. The van der Waals surface area contributed by atoms with Gasteiger partial charge in [0.25, 0.3) is 0 Å². The summed E-state index contributed by atoms with van der Waals surface area (Å²) in [6.07, 6.45) is 4.99. The van der Waals surface area contributed by atoms with Crippen molar-refractivity contribution in [2.24, 2.45) is 11.1 Å². The number of rotatable bonds is 7. The molecule has 0 fully saturated rings. The molecular weight excluding hydrogens is 352 g/mol. The monoisotopic (exact) mass is 382 g/mol. The zero-order valence-electron chi connectivity index (χ0n) is 16.7. The Bertz CT molecular complexity index is 846. The lowest BCUT2D eigenvalue weighted by molar-refractivity contribution is 0.101. The highest BCUT2D eigenvalue weighted by Crippen LogP contribution is 2.44. The highest BCUT2D eigenvalue weighted by Gasteiger charge is 2.31. The fourth-order valence-corrected chi connectivity index (χ4v) is 5.05. The van der Waals surface area contributed by atoms with E-state index in [1.165, 1.54) is 22.4 Å². The van der Waals surface area contributed by atoms with Gasteiger partial charge in [0, 0.05) is 17.1 Å². The Morgan fingerprint density at radius 3 is 2.56 bits per heavy atom. The number of fused-ring (bicyclic) bond motifs is 1. The van der Waals surface area contributed by atoms with E-state index in [0.717, 1.165) is 47.5 Å². The largest absolute Gasteiger partial charge is 0.351 e. The van der Waals surface area contributed by atoms with Crippen LogP contribution >= 0.6 is 11.3 Å². The number of anilines is 1. The smallest absolute Gasteiger partial charge is 0.163 e. The maximum absolute atomic E-state index is 12.4. The number of thiophene rings is 1. The van der Waals surface area contributed by atoms with Crippen molar-refractivity contribution in [2.75, 3.05) is 5.32 Å². The summed E-state index contributed by atoms with van der Waals surface area (Å²) >= 11 is 1.74. The van der Waals surface area contributed by atoms with E-state index in [-0.39, 0.29) is 11.2 Å². The SMILES string of the molecule is C=C(CCc1ccc(CN)cc1)Nc1sc2c(c1C(C)=O)CC(C)(C)CC2. The first-order valence-electron chi connectivity index (χ1n) is 9.67.